The molecule has 0 unspecified atom stereocenters. The maximum atomic E-state index is 12.9. The molecule has 1 aliphatic rings. The van der Waals surface area contributed by atoms with Crippen LogP contribution in [0.5, 0.6) is 0 Å². The van der Waals surface area contributed by atoms with Crippen molar-refractivity contribution in [2.75, 3.05) is 0 Å². The number of sulfonamides is 1. The van der Waals surface area contributed by atoms with Crippen LogP contribution in [0.4, 0.5) is 0 Å². The topological polar surface area (TPSA) is 99.3 Å². The van der Waals surface area contributed by atoms with Gasteiger partial charge in [-0.05, 0) is 49.2 Å². The molecule has 1 aliphatic carbocycles. The summed E-state index contributed by atoms with van der Waals surface area (Å²) < 4.78 is 28.1. The zero-order chi connectivity index (χ0) is 22.1. The summed E-state index contributed by atoms with van der Waals surface area (Å²) in [7, 11) is -3.87. The molecule has 1 saturated carbocycles. The molecule has 2 aromatic rings. The molecule has 1 atom stereocenters. The molecule has 0 aliphatic heterocycles. The molecule has 1 amide bonds. The number of nitrogens with one attached hydrogen (secondary N) is 4. The fourth-order valence-electron chi connectivity index (χ4n) is 3.57. The van der Waals surface area contributed by atoms with Crippen molar-refractivity contribution < 1.29 is 13.2 Å². The van der Waals surface area contributed by atoms with E-state index in [1.807, 2.05) is 30.3 Å². The van der Waals surface area contributed by atoms with Gasteiger partial charge in [0, 0.05) is 6.04 Å². The van der Waals surface area contributed by atoms with Crippen molar-refractivity contribution in [3.8, 4) is 0 Å². The Kier molecular flexibility index (Phi) is 8.39. The lowest BCUT2D eigenvalue weighted by Gasteiger charge is -2.25. The summed E-state index contributed by atoms with van der Waals surface area (Å²) in [5.41, 5.74) is 6.09. The molecular formula is C22H28N4O3S2. The van der Waals surface area contributed by atoms with E-state index in [2.05, 4.69) is 20.9 Å². The van der Waals surface area contributed by atoms with Crippen LogP contribution >= 0.6 is 12.2 Å². The van der Waals surface area contributed by atoms with E-state index >= 15 is 0 Å². The monoisotopic (exact) mass is 460 g/mol. The van der Waals surface area contributed by atoms with Crippen LogP contribution in [0.3, 0.4) is 0 Å². The smallest absolute Gasteiger partial charge is 0.256 e. The summed E-state index contributed by atoms with van der Waals surface area (Å²) >= 11 is 5.28. The van der Waals surface area contributed by atoms with Gasteiger partial charge in [0.05, 0.1) is 4.90 Å². The van der Waals surface area contributed by atoms with Crippen LogP contribution in [0.2, 0.25) is 0 Å². The van der Waals surface area contributed by atoms with Gasteiger partial charge in [-0.3, -0.25) is 15.6 Å². The minimum Gasteiger partial charge on any atom is -0.359 e. The Hall–Kier alpha value is -2.49. The maximum Gasteiger partial charge on any atom is 0.256 e. The van der Waals surface area contributed by atoms with Gasteiger partial charge in [0.2, 0.25) is 10.0 Å². The zero-order valence-corrected chi connectivity index (χ0v) is 18.8. The number of thiocarbonyl (C=S) groups is 1. The highest BCUT2D eigenvalue weighted by atomic mass is 32.2. The molecule has 166 valence electrons. The van der Waals surface area contributed by atoms with E-state index < -0.39 is 22.0 Å². The van der Waals surface area contributed by atoms with Gasteiger partial charge in [-0.1, -0.05) is 67.8 Å². The van der Waals surface area contributed by atoms with E-state index in [-0.39, 0.29) is 11.3 Å². The van der Waals surface area contributed by atoms with E-state index in [0.29, 0.717) is 11.2 Å². The number of hydrogen-bond donors (Lipinski definition) is 4. The SMILES string of the molecule is O=C(NNC(=S)NC1CCCCC1)[C@H](Cc1ccccc1)NS(=O)(=O)c1ccccc1. The number of hydrogen-bond acceptors (Lipinski definition) is 4. The normalized spacial score (nSPS) is 15.6. The maximum absolute atomic E-state index is 12.9. The Morgan fingerprint density at radius 3 is 2.19 bits per heavy atom. The van der Waals surface area contributed by atoms with Crippen molar-refractivity contribution in [2.24, 2.45) is 0 Å². The number of amides is 1. The number of benzene rings is 2. The molecule has 2 aromatic carbocycles. The average molecular weight is 461 g/mol. The molecule has 9 heteroatoms. The van der Waals surface area contributed by atoms with Gasteiger partial charge in [-0.2, -0.15) is 4.72 Å². The van der Waals surface area contributed by atoms with Crippen molar-refractivity contribution in [1.29, 1.82) is 0 Å². The molecule has 31 heavy (non-hydrogen) atoms. The molecule has 0 spiro atoms. The second kappa shape index (κ2) is 11.2. The summed E-state index contributed by atoms with van der Waals surface area (Å²) in [6, 6.07) is 16.5. The largest absolute Gasteiger partial charge is 0.359 e. The lowest BCUT2D eigenvalue weighted by Crippen LogP contribution is -2.55. The third-order valence-electron chi connectivity index (χ3n) is 5.19. The third-order valence-corrected chi connectivity index (χ3v) is 6.90. The van der Waals surface area contributed by atoms with Crippen LogP contribution < -0.4 is 20.9 Å². The van der Waals surface area contributed by atoms with E-state index in [1.54, 1.807) is 18.2 Å². The average Bonchev–Trinajstić information content (AvgIpc) is 2.79. The highest BCUT2D eigenvalue weighted by Gasteiger charge is 2.26. The van der Waals surface area contributed by atoms with Gasteiger partial charge in [0.15, 0.2) is 5.11 Å². The molecule has 0 radical (unpaired) electrons. The van der Waals surface area contributed by atoms with Crippen molar-refractivity contribution >= 4 is 33.3 Å². The van der Waals surface area contributed by atoms with Crippen LogP contribution in [0.25, 0.3) is 0 Å². The standard InChI is InChI=1S/C22H28N4O3S2/c27-21(24-25-22(30)23-18-12-6-2-7-13-18)20(16-17-10-4-1-5-11-17)26-31(28,29)19-14-8-3-9-15-19/h1,3-5,8-11,14-15,18,20,26H,2,6-7,12-13,16H2,(H,24,27)(H2,23,25,30)/t20-/m0/s1. The van der Waals surface area contributed by atoms with Gasteiger partial charge in [0.1, 0.15) is 6.04 Å². The molecule has 1 fully saturated rings. The molecular weight excluding hydrogens is 432 g/mol. The predicted octanol–water partition coefficient (Wildman–Crippen LogP) is 2.40. The van der Waals surface area contributed by atoms with Crippen molar-refractivity contribution in [2.45, 2.75) is 55.5 Å². The van der Waals surface area contributed by atoms with Crippen LogP contribution in [0.1, 0.15) is 37.7 Å². The van der Waals surface area contributed by atoms with E-state index in [0.717, 1.165) is 31.2 Å². The Morgan fingerprint density at radius 2 is 1.55 bits per heavy atom. The van der Waals surface area contributed by atoms with Crippen LogP contribution in [-0.4, -0.2) is 31.5 Å². The first-order chi connectivity index (χ1) is 14.9. The number of hydrazine groups is 1. The van der Waals surface area contributed by atoms with Gasteiger partial charge < -0.3 is 5.32 Å². The first-order valence-electron chi connectivity index (χ1n) is 10.4. The highest BCUT2D eigenvalue weighted by Crippen LogP contribution is 2.17. The van der Waals surface area contributed by atoms with Crippen LogP contribution in [-0.2, 0) is 21.2 Å². The van der Waals surface area contributed by atoms with Crippen LogP contribution in [0.15, 0.2) is 65.6 Å². The summed E-state index contributed by atoms with van der Waals surface area (Å²) in [4.78, 5) is 13.0. The molecule has 7 nitrogen and oxygen atoms in total. The fourth-order valence-corrected chi connectivity index (χ4v) is 5.00. The lowest BCUT2D eigenvalue weighted by atomic mass is 9.96. The third kappa shape index (κ3) is 7.30. The van der Waals surface area contributed by atoms with Crippen LogP contribution in [0, 0.1) is 0 Å². The Balaban J connectivity index is 1.65. The number of rotatable bonds is 7. The predicted molar refractivity (Wildman–Crippen MR) is 125 cm³/mol. The molecule has 3 rings (SSSR count). The van der Waals surface area contributed by atoms with Crippen molar-refractivity contribution in [3.05, 3.63) is 66.2 Å². The second-order valence-corrected chi connectivity index (χ2v) is 9.72. The minimum atomic E-state index is -3.87. The second-order valence-electron chi connectivity index (χ2n) is 7.60. The summed E-state index contributed by atoms with van der Waals surface area (Å²) in [6.45, 7) is 0. The quantitative estimate of drug-likeness (QED) is 0.374. The Morgan fingerprint density at radius 1 is 0.935 bits per heavy atom. The van der Waals surface area contributed by atoms with E-state index in [4.69, 9.17) is 12.2 Å². The highest BCUT2D eigenvalue weighted by molar-refractivity contribution is 7.89. The molecule has 0 bridgehead atoms. The van der Waals surface area contributed by atoms with Crippen molar-refractivity contribution in [1.82, 2.24) is 20.9 Å². The summed E-state index contributed by atoms with van der Waals surface area (Å²) in [5, 5.41) is 3.53. The zero-order valence-electron chi connectivity index (χ0n) is 17.2. The fraction of sp³-hybridized carbons (Fsp3) is 0.364. The van der Waals surface area contributed by atoms with Gasteiger partial charge in [0.25, 0.3) is 5.91 Å². The van der Waals surface area contributed by atoms with E-state index in [1.165, 1.54) is 18.6 Å². The van der Waals surface area contributed by atoms with Gasteiger partial charge in [-0.15, -0.1) is 0 Å². The summed E-state index contributed by atoms with van der Waals surface area (Å²) in [6.07, 6.45) is 5.84. The Labute approximate surface area is 189 Å². The minimum absolute atomic E-state index is 0.100. The first kappa shape index (κ1) is 23.2. The molecule has 0 aromatic heterocycles. The molecule has 0 heterocycles. The van der Waals surface area contributed by atoms with Gasteiger partial charge in [-0.25, -0.2) is 8.42 Å². The van der Waals surface area contributed by atoms with Gasteiger partial charge >= 0.3 is 0 Å². The summed E-state index contributed by atoms with van der Waals surface area (Å²) in [5.74, 6) is -0.517. The lowest BCUT2D eigenvalue weighted by molar-refractivity contribution is -0.123. The van der Waals surface area contributed by atoms with E-state index in [9.17, 15) is 13.2 Å². The molecule has 4 N–H and O–H groups in total. The first-order valence-corrected chi connectivity index (χ1v) is 12.3. The van der Waals surface area contributed by atoms with Crippen molar-refractivity contribution in [3.63, 3.8) is 0 Å². The Bertz CT molecular complexity index is 963. The number of carbonyl (C=O) groups is 1. The molecule has 0 saturated heterocycles. The number of carbonyl (C=O) groups excluding carboxylic acids is 1.